The van der Waals surface area contributed by atoms with Gasteiger partial charge in [-0.25, -0.2) is 0 Å². The Bertz CT molecular complexity index is 592. The molecule has 1 heterocycles. The molecule has 6 heteroatoms. The largest absolute Gasteiger partial charge is 0.497 e. The average molecular weight is 304 g/mol. The van der Waals surface area contributed by atoms with E-state index in [4.69, 9.17) is 19.6 Å². The quantitative estimate of drug-likeness (QED) is 0.728. The van der Waals surface area contributed by atoms with Gasteiger partial charge in [-0.1, -0.05) is 0 Å². The van der Waals surface area contributed by atoms with Crippen LogP contribution < -0.4 is 20.5 Å². The van der Waals surface area contributed by atoms with Gasteiger partial charge < -0.3 is 24.9 Å². The van der Waals surface area contributed by atoms with Crippen molar-refractivity contribution in [2.75, 3.05) is 20.3 Å². The van der Waals surface area contributed by atoms with Gasteiger partial charge in [0.1, 0.15) is 23.5 Å². The van der Waals surface area contributed by atoms with Crippen LogP contribution >= 0.6 is 0 Å². The monoisotopic (exact) mass is 304 g/mol. The highest BCUT2D eigenvalue weighted by molar-refractivity contribution is 5.93. The molecule has 0 bridgehead atoms. The van der Waals surface area contributed by atoms with Gasteiger partial charge in [-0.15, -0.1) is 0 Å². The van der Waals surface area contributed by atoms with E-state index in [9.17, 15) is 4.79 Å². The van der Waals surface area contributed by atoms with Gasteiger partial charge in [0, 0.05) is 6.54 Å². The van der Waals surface area contributed by atoms with Crippen molar-refractivity contribution in [2.45, 2.75) is 13.0 Å². The van der Waals surface area contributed by atoms with Crippen LogP contribution in [0.15, 0.2) is 41.0 Å². The van der Waals surface area contributed by atoms with E-state index < -0.39 is 0 Å². The Morgan fingerprint density at radius 2 is 2.00 bits per heavy atom. The molecular formula is C16H20N2O4. The molecular weight excluding hydrogens is 284 g/mol. The molecule has 0 saturated heterocycles. The smallest absolute Gasteiger partial charge is 0.254 e. The summed E-state index contributed by atoms with van der Waals surface area (Å²) in [6.45, 7) is 1.33. The summed E-state index contributed by atoms with van der Waals surface area (Å²) >= 11 is 0. The summed E-state index contributed by atoms with van der Waals surface area (Å²) in [4.78, 5) is 11.8. The molecule has 6 nitrogen and oxygen atoms in total. The summed E-state index contributed by atoms with van der Waals surface area (Å²) in [5, 5.41) is 2.80. The summed E-state index contributed by atoms with van der Waals surface area (Å²) in [7, 11) is 1.62. The van der Waals surface area contributed by atoms with Gasteiger partial charge in [0.25, 0.3) is 5.91 Å². The van der Waals surface area contributed by atoms with Gasteiger partial charge in [0.15, 0.2) is 0 Å². The molecule has 0 aliphatic rings. The third-order valence-corrected chi connectivity index (χ3v) is 3.05. The van der Waals surface area contributed by atoms with E-state index in [0.717, 1.165) is 11.5 Å². The second-order valence-electron chi connectivity index (χ2n) is 4.64. The SMILES string of the molecule is COc1ccc(OCCCNC(=O)c2coc(CN)c2)cc1. The lowest BCUT2D eigenvalue weighted by molar-refractivity contribution is 0.0951. The molecule has 1 amide bonds. The minimum absolute atomic E-state index is 0.173. The summed E-state index contributed by atoms with van der Waals surface area (Å²) in [6.07, 6.45) is 2.12. The lowest BCUT2D eigenvalue weighted by atomic mass is 10.3. The van der Waals surface area contributed by atoms with Crippen molar-refractivity contribution in [3.05, 3.63) is 47.9 Å². The Morgan fingerprint density at radius 3 is 2.64 bits per heavy atom. The Kier molecular flexibility index (Phi) is 5.85. The van der Waals surface area contributed by atoms with Crippen LogP contribution in [0.25, 0.3) is 0 Å². The van der Waals surface area contributed by atoms with E-state index in [-0.39, 0.29) is 12.5 Å². The first-order chi connectivity index (χ1) is 10.7. The van der Waals surface area contributed by atoms with Crippen LogP contribution in [0.3, 0.4) is 0 Å². The van der Waals surface area contributed by atoms with Crippen molar-refractivity contribution >= 4 is 5.91 Å². The molecule has 1 aromatic heterocycles. The molecule has 0 radical (unpaired) electrons. The molecule has 118 valence electrons. The number of methoxy groups -OCH3 is 1. The van der Waals surface area contributed by atoms with Gasteiger partial charge >= 0.3 is 0 Å². The zero-order chi connectivity index (χ0) is 15.8. The Balaban J connectivity index is 1.65. The van der Waals surface area contributed by atoms with Crippen molar-refractivity contribution in [3.63, 3.8) is 0 Å². The third kappa shape index (κ3) is 4.53. The Hall–Kier alpha value is -2.47. The van der Waals surface area contributed by atoms with E-state index in [1.807, 2.05) is 24.3 Å². The van der Waals surface area contributed by atoms with Crippen LogP contribution in [-0.2, 0) is 6.54 Å². The van der Waals surface area contributed by atoms with Crippen LogP contribution in [0.1, 0.15) is 22.5 Å². The molecule has 0 aliphatic carbocycles. The van der Waals surface area contributed by atoms with Crippen molar-refractivity contribution in [1.29, 1.82) is 0 Å². The van der Waals surface area contributed by atoms with Gasteiger partial charge in [-0.3, -0.25) is 4.79 Å². The predicted octanol–water partition coefficient (Wildman–Crippen LogP) is 1.95. The third-order valence-electron chi connectivity index (χ3n) is 3.05. The Morgan fingerprint density at radius 1 is 1.27 bits per heavy atom. The molecule has 0 atom stereocenters. The maximum atomic E-state index is 11.8. The minimum Gasteiger partial charge on any atom is -0.497 e. The highest BCUT2D eigenvalue weighted by atomic mass is 16.5. The van der Waals surface area contributed by atoms with Crippen molar-refractivity contribution in [2.24, 2.45) is 5.73 Å². The fraction of sp³-hybridized carbons (Fsp3) is 0.312. The number of amides is 1. The number of nitrogens with two attached hydrogens (primary N) is 1. The maximum Gasteiger partial charge on any atom is 0.254 e. The Labute approximate surface area is 129 Å². The molecule has 0 unspecified atom stereocenters. The summed E-state index contributed by atoms with van der Waals surface area (Å²) in [5.74, 6) is 1.98. The highest BCUT2D eigenvalue weighted by Gasteiger charge is 2.08. The van der Waals surface area contributed by atoms with Gasteiger partial charge in [-0.2, -0.15) is 0 Å². The van der Waals surface area contributed by atoms with Crippen molar-refractivity contribution in [1.82, 2.24) is 5.32 Å². The molecule has 1 aromatic carbocycles. The number of benzene rings is 1. The normalized spacial score (nSPS) is 10.3. The molecule has 2 aromatic rings. The number of hydrogen-bond acceptors (Lipinski definition) is 5. The summed E-state index contributed by atoms with van der Waals surface area (Å²) in [6, 6.07) is 9.01. The lowest BCUT2D eigenvalue weighted by Gasteiger charge is -2.07. The first-order valence-corrected chi connectivity index (χ1v) is 7.05. The second kappa shape index (κ2) is 8.09. The van der Waals surface area contributed by atoms with Crippen LogP contribution in [0.5, 0.6) is 11.5 Å². The fourth-order valence-corrected chi connectivity index (χ4v) is 1.84. The summed E-state index contributed by atoms with van der Waals surface area (Å²) < 4.78 is 15.8. The number of carbonyl (C=O) groups excluding carboxylic acids is 1. The summed E-state index contributed by atoms with van der Waals surface area (Å²) in [5.41, 5.74) is 5.91. The van der Waals surface area contributed by atoms with E-state index in [0.29, 0.717) is 30.9 Å². The fourth-order valence-electron chi connectivity index (χ4n) is 1.84. The number of rotatable bonds is 8. The second-order valence-corrected chi connectivity index (χ2v) is 4.64. The zero-order valence-corrected chi connectivity index (χ0v) is 12.5. The molecule has 2 rings (SSSR count). The number of ether oxygens (including phenoxy) is 2. The van der Waals surface area contributed by atoms with E-state index in [1.165, 1.54) is 6.26 Å². The van der Waals surface area contributed by atoms with Crippen LogP contribution in [0, 0.1) is 0 Å². The van der Waals surface area contributed by atoms with E-state index >= 15 is 0 Å². The zero-order valence-electron chi connectivity index (χ0n) is 12.5. The van der Waals surface area contributed by atoms with Crippen LogP contribution in [0.4, 0.5) is 0 Å². The van der Waals surface area contributed by atoms with Crippen molar-refractivity contribution in [3.8, 4) is 11.5 Å². The topological polar surface area (TPSA) is 86.7 Å². The predicted molar refractivity (Wildman–Crippen MR) is 82.0 cm³/mol. The highest BCUT2D eigenvalue weighted by Crippen LogP contribution is 2.16. The van der Waals surface area contributed by atoms with Crippen molar-refractivity contribution < 1.29 is 18.7 Å². The first-order valence-electron chi connectivity index (χ1n) is 7.05. The van der Waals surface area contributed by atoms with E-state index in [1.54, 1.807) is 13.2 Å². The minimum atomic E-state index is -0.173. The molecule has 0 saturated carbocycles. The molecule has 22 heavy (non-hydrogen) atoms. The lowest BCUT2D eigenvalue weighted by Crippen LogP contribution is -2.25. The molecule has 0 aliphatic heterocycles. The van der Waals surface area contributed by atoms with Gasteiger partial charge in [0.2, 0.25) is 0 Å². The standard InChI is InChI=1S/C16H20N2O4/c1-20-13-3-5-14(6-4-13)21-8-2-7-18-16(19)12-9-15(10-17)22-11-12/h3-6,9,11H,2,7-8,10,17H2,1H3,(H,18,19). The van der Waals surface area contributed by atoms with Crippen LogP contribution in [0.2, 0.25) is 0 Å². The van der Waals surface area contributed by atoms with E-state index in [2.05, 4.69) is 5.32 Å². The van der Waals surface area contributed by atoms with Gasteiger partial charge in [0.05, 0.1) is 25.8 Å². The molecule has 3 N–H and O–H groups in total. The maximum absolute atomic E-state index is 11.8. The van der Waals surface area contributed by atoms with Crippen LogP contribution in [-0.4, -0.2) is 26.2 Å². The first kappa shape index (κ1) is 15.9. The number of furan rings is 1. The van der Waals surface area contributed by atoms with Gasteiger partial charge in [-0.05, 0) is 36.8 Å². The number of nitrogens with one attached hydrogen (secondary N) is 1. The number of hydrogen-bond donors (Lipinski definition) is 2. The average Bonchev–Trinajstić information content (AvgIpc) is 3.04. The molecule has 0 spiro atoms. The number of carbonyl (C=O) groups is 1. The molecule has 0 fully saturated rings.